The number of para-hydroxylation sites is 2. The van der Waals surface area contributed by atoms with E-state index in [1.54, 1.807) is 41.3 Å². The lowest BCUT2D eigenvalue weighted by molar-refractivity contribution is 0.102. The summed E-state index contributed by atoms with van der Waals surface area (Å²) in [5.41, 5.74) is 8.21. The standard InChI is InChI=1S/C23H29N5O3/c1-27-13-11-18(15-27)28(23(30)31-19-10-12-25-14-19)17-8-6-16(7-9-17)22(29)26-21-5-3-2-4-20(21)24/h2-9,18-19,25H,10-15,24H2,1H3,(H,26,29). The second-order valence-electron chi connectivity index (χ2n) is 8.16. The van der Waals surface area contributed by atoms with Gasteiger partial charge in [-0.25, -0.2) is 4.79 Å². The molecule has 31 heavy (non-hydrogen) atoms. The molecule has 8 nitrogen and oxygen atoms in total. The molecule has 164 valence electrons. The van der Waals surface area contributed by atoms with Crippen LogP contribution in [0.4, 0.5) is 21.9 Å². The number of rotatable bonds is 5. The van der Waals surface area contributed by atoms with E-state index in [0.29, 0.717) is 23.5 Å². The number of nitrogens with zero attached hydrogens (tertiary/aromatic N) is 2. The largest absolute Gasteiger partial charge is 0.444 e. The number of carbonyl (C=O) groups is 2. The monoisotopic (exact) mass is 423 g/mol. The lowest BCUT2D eigenvalue weighted by Gasteiger charge is -2.29. The van der Waals surface area contributed by atoms with Crippen molar-refractivity contribution in [3.05, 3.63) is 54.1 Å². The van der Waals surface area contributed by atoms with Gasteiger partial charge < -0.3 is 26.0 Å². The van der Waals surface area contributed by atoms with Crippen molar-refractivity contribution in [1.29, 1.82) is 0 Å². The maximum absolute atomic E-state index is 13.1. The van der Waals surface area contributed by atoms with E-state index in [0.717, 1.165) is 38.2 Å². The molecule has 8 heteroatoms. The van der Waals surface area contributed by atoms with Crippen LogP contribution < -0.4 is 21.3 Å². The van der Waals surface area contributed by atoms with Crippen LogP contribution >= 0.6 is 0 Å². The first-order valence-corrected chi connectivity index (χ1v) is 10.7. The van der Waals surface area contributed by atoms with Gasteiger partial charge in [-0.3, -0.25) is 9.69 Å². The highest BCUT2D eigenvalue weighted by molar-refractivity contribution is 6.06. The number of hydrogen-bond acceptors (Lipinski definition) is 6. The molecule has 2 unspecified atom stereocenters. The molecule has 2 heterocycles. The zero-order valence-corrected chi connectivity index (χ0v) is 17.7. The summed E-state index contributed by atoms with van der Waals surface area (Å²) in [4.78, 5) is 29.6. The Morgan fingerprint density at radius 3 is 2.58 bits per heavy atom. The van der Waals surface area contributed by atoms with Gasteiger partial charge in [0.1, 0.15) is 6.10 Å². The van der Waals surface area contributed by atoms with Crippen LogP contribution in [0.5, 0.6) is 0 Å². The fourth-order valence-corrected chi connectivity index (χ4v) is 4.09. The van der Waals surface area contributed by atoms with Gasteiger partial charge >= 0.3 is 6.09 Å². The SMILES string of the molecule is CN1CCC(N(C(=O)OC2CCNC2)c2ccc(C(=O)Nc3ccccc3N)cc2)C1. The topological polar surface area (TPSA) is 99.9 Å². The van der Waals surface area contributed by atoms with Gasteiger partial charge in [0.05, 0.1) is 17.4 Å². The lowest BCUT2D eigenvalue weighted by Crippen LogP contribution is -2.43. The Kier molecular flexibility index (Phi) is 6.39. The van der Waals surface area contributed by atoms with Crippen molar-refractivity contribution in [2.45, 2.75) is 25.0 Å². The van der Waals surface area contributed by atoms with Gasteiger partial charge in [-0.05, 0) is 69.4 Å². The van der Waals surface area contributed by atoms with Crippen molar-refractivity contribution in [2.75, 3.05) is 49.2 Å². The number of likely N-dealkylation sites (N-methyl/N-ethyl adjacent to an activating group) is 1. The highest BCUT2D eigenvalue weighted by Gasteiger charge is 2.33. The highest BCUT2D eigenvalue weighted by Crippen LogP contribution is 2.26. The van der Waals surface area contributed by atoms with Crippen LogP contribution in [0.3, 0.4) is 0 Å². The summed E-state index contributed by atoms with van der Waals surface area (Å²) in [6.45, 7) is 3.26. The Labute approximate surface area is 182 Å². The first-order valence-electron chi connectivity index (χ1n) is 10.7. The Balaban J connectivity index is 1.50. The predicted octanol–water partition coefficient (Wildman–Crippen LogP) is 2.53. The van der Waals surface area contributed by atoms with E-state index in [4.69, 9.17) is 10.5 Å². The number of hydrogen-bond donors (Lipinski definition) is 3. The van der Waals surface area contributed by atoms with Crippen molar-refractivity contribution in [3.8, 4) is 0 Å². The Hall–Kier alpha value is -3.10. The molecule has 2 saturated heterocycles. The number of nitrogens with one attached hydrogen (secondary N) is 2. The summed E-state index contributed by atoms with van der Waals surface area (Å²) in [5.74, 6) is -0.254. The number of benzene rings is 2. The molecular weight excluding hydrogens is 394 g/mol. The van der Waals surface area contributed by atoms with E-state index in [-0.39, 0.29) is 24.1 Å². The summed E-state index contributed by atoms with van der Waals surface area (Å²) < 4.78 is 5.76. The molecule has 0 aromatic heterocycles. The van der Waals surface area contributed by atoms with Crippen LogP contribution in [-0.2, 0) is 4.74 Å². The van der Waals surface area contributed by atoms with Crippen LogP contribution in [0.15, 0.2) is 48.5 Å². The first-order chi connectivity index (χ1) is 15.0. The van der Waals surface area contributed by atoms with Crippen LogP contribution in [0.1, 0.15) is 23.2 Å². The quantitative estimate of drug-likeness (QED) is 0.639. The normalized spacial score (nSPS) is 21.1. The molecule has 4 rings (SSSR count). The molecule has 4 N–H and O–H groups in total. The number of anilines is 3. The molecule has 0 spiro atoms. The molecule has 2 atom stereocenters. The third-order valence-electron chi connectivity index (χ3n) is 5.83. The average molecular weight is 424 g/mol. The molecule has 0 radical (unpaired) electrons. The van der Waals surface area contributed by atoms with Crippen molar-refractivity contribution in [3.63, 3.8) is 0 Å². The summed E-state index contributed by atoms with van der Waals surface area (Å²) in [6, 6.07) is 14.2. The maximum atomic E-state index is 13.1. The van der Waals surface area contributed by atoms with E-state index >= 15 is 0 Å². The highest BCUT2D eigenvalue weighted by atomic mass is 16.6. The number of nitrogens with two attached hydrogens (primary N) is 1. The molecule has 0 saturated carbocycles. The summed E-state index contributed by atoms with van der Waals surface area (Å²) in [5, 5.41) is 6.04. The minimum absolute atomic E-state index is 0.0376. The zero-order valence-electron chi connectivity index (χ0n) is 17.7. The van der Waals surface area contributed by atoms with Gasteiger partial charge in [-0.15, -0.1) is 0 Å². The summed E-state index contributed by atoms with van der Waals surface area (Å²) >= 11 is 0. The van der Waals surface area contributed by atoms with Crippen LogP contribution in [0.2, 0.25) is 0 Å². The fraction of sp³-hybridized carbons (Fsp3) is 0.391. The number of ether oxygens (including phenoxy) is 1. The maximum Gasteiger partial charge on any atom is 0.414 e. The Morgan fingerprint density at radius 2 is 1.94 bits per heavy atom. The second-order valence-corrected chi connectivity index (χ2v) is 8.16. The average Bonchev–Trinajstić information content (AvgIpc) is 3.42. The van der Waals surface area contributed by atoms with Crippen molar-refractivity contribution in [2.24, 2.45) is 0 Å². The summed E-state index contributed by atoms with van der Waals surface area (Å²) in [7, 11) is 2.05. The summed E-state index contributed by atoms with van der Waals surface area (Å²) in [6.07, 6.45) is 1.27. The number of carbonyl (C=O) groups excluding carboxylic acids is 2. The Morgan fingerprint density at radius 1 is 1.16 bits per heavy atom. The van der Waals surface area contributed by atoms with Gasteiger partial charge in [-0.1, -0.05) is 12.1 Å². The molecule has 0 aliphatic carbocycles. The van der Waals surface area contributed by atoms with E-state index in [2.05, 4.69) is 15.5 Å². The minimum Gasteiger partial charge on any atom is -0.444 e. The van der Waals surface area contributed by atoms with E-state index < -0.39 is 0 Å². The number of likely N-dealkylation sites (tertiary alicyclic amines) is 1. The van der Waals surface area contributed by atoms with E-state index in [1.165, 1.54) is 0 Å². The van der Waals surface area contributed by atoms with Crippen molar-refractivity contribution < 1.29 is 14.3 Å². The van der Waals surface area contributed by atoms with Crippen LogP contribution in [0.25, 0.3) is 0 Å². The zero-order chi connectivity index (χ0) is 21.8. The molecule has 2 fully saturated rings. The smallest absolute Gasteiger partial charge is 0.414 e. The van der Waals surface area contributed by atoms with Gasteiger partial charge in [-0.2, -0.15) is 0 Å². The predicted molar refractivity (Wildman–Crippen MR) is 121 cm³/mol. The first kappa shape index (κ1) is 21.1. The second kappa shape index (κ2) is 9.36. The fourth-order valence-electron chi connectivity index (χ4n) is 4.09. The Bertz CT molecular complexity index is 927. The molecule has 2 amide bonds. The van der Waals surface area contributed by atoms with Crippen molar-refractivity contribution in [1.82, 2.24) is 10.2 Å². The molecular formula is C23H29N5O3. The lowest BCUT2D eigenvalue weighted by atomic mass is 10.1. The molecule has 2 aromatic carbocycles. The van der Waals surface area contributed by atoms with Crippen LogP contribution in [0, 0.1) is 0 Å². The molecule has 2 aliphatic heterocycles. The van der Waals surface area contributed by atoms with Gasteiger partial charge in [0, 0.05) is 24.3 Å². The number of amides is 2. The molecule has 0 bridgehead atoms. The third kappa shape index (κ3) is 4.98. The van der Waals surface area contributed by atoms with Gasteiger partial charge in [0.2, 0.25) is 0 Å². The minimum atomic E-state index is -0.330. The van der Waals surface area contributed by atoms with Gasteiger partial charge in [0.15, 0.2) is 0 Å². The molecule has 2 aliphatic rings. The number of nitrogen functional groups attached to an aromatic ring is 1. The van der Waals surface area contributed by atoms with Crippen molar-refractivity contribution >= 4 is 29.1 Å². The van der Waals surface area contributed by atoms with Gasteiger partial charge in [0.25, 0.3) is 5.91 Å². The van der Waals surface area contributed by atoms with Crippen LogP contribution in [-0.4, -0.2) is 62.3 Å². The third-order valence-corrected chi connectivity index (χ3v) is 5.83. The van der Waals surface area contributed by atoms with E-state index in [1.807, 2.05) is 19.2 Å². The molecule has 2 aromatic rings. The van der Waals surface area contributed by atoms with E-state index in [9.17, 15) is 9.59 Å².